The van der Waals surface area contributed by atoms with E-state index in [1.807, 2.05) is 56.3 Å². The van der Waals surface area contributed by atoms with E-state index in [0.29, 0.717) is 34.6 Å². The average Bonchev–Trinajstić information content (AvgIpc) is 3.04. The number of benzene rings is 2. The van der Waals surface area contributed by atoms with E-state index in [1.165, 1.54) is 0 Å². The molecule has 1 N–H and O–H groups in total. The highest BCUT2D eigenvalue weighted by molar-refractivity contribution is 6.22. The molecule has 0 aromatic heterocycles. The lowest BCUT2D eigenvalue weighted by Gasteiger charge is -2.30. The highest BCUT2D eigenvalue weighted by Crippen LogP contribution is 2.47. The standard InChI is InChI=1S/C27H26N2O2/c1-15(2)12-13-23(30)24-17(4)29-16(3)22(14-28)26(24)20-10-7-11-21-25(20)18-8-5-6-9-19(18)27(21)31/h5-11,15,26,29H,12-13H2,1-4H3/t26-/m1/s1. The van der Waals surface area contributed by atoms with Crippen LogP contribution >= 0.6 is 0 Å². The zero-order valence-corrected chi connectivity index (χ0v) is 18.4. The molecule has 2 aromatic carbocycles. The van der Waals surface area contributed by atoms with Crippen LogP contribution in [0.4, 0.5) is 0 Å². The van der Waals surface area contributed by atoms with Crippen LogP contribution in [-0.4, -0.2) is 11.6 Å². The summed E-state index contributed by atoms with van der Waals surface area (Å²) in [5.74, 6) is -0.0222. The van der Waals surface area contributed by atoms with E-state index in [0.717, 1.165) is 34.5 Å². The number of nitriles is 1. The molecule has 1 aliphatic carbocycles. The molecule has 1 aliphatic heterocycles. The van der Waals surface area contributed by atoms with Gasteiger partial charge in [0.05, 0.1) is 17.6 Å². The van der Waals surface area contributed by atoms with Crippen LogP contribution in [0.5, 0.6) is 0 Å². The van der Waals surface area contributed by atoms with Gasteiger partial charge in [0.1, 0.15) is 0 Å². The number of Topliss-reactive ketones (excluding diaryl/α,β-unsaturated/α-hetero) is 1. The molecule has 0 fully saturated rings. The van der Waals surface area contributed by atoms with Crippen LogP contribution in [-0.2, 0) is 4.79 Å². The van der Waals surface area contributed by atoms with Gasteiger partial charge in [-0.3, -0.25) is 9.59 Å². The van der Waals surface area contributed by atoms with Crippen molar-refractivity contribution in [2.75, 3.05) is 0 Å². The van der Waals surface area contributed by atoms with Gasteiger partial charge in [0, 0.05) is 34.5 Å². The highest BCUT2D eigenvalue weighted by atomic mass is 16.1. The second-order valence-corrected chi connectivity index (χ2v) is 8.75. The first kappa shape index (κ1) is 20.8. The third kappa shape index (κ3) is 3.41. The number of rotatable bonds is 5. The van der Waals surface area contributed by atoms with Crippen molar-refractivity contribution in [2.24, 2.45) is 5.92 Å². The fourth-order valence-corrected chi connectivity index (χ4v) is 4.72. The van der Waals surface area contributed by atoms with Gasteiger partial charge in [-0.05, 0) is 42.9 Å². The highest BCUT2D eigenvalue weighted by Gasteiger charge is 2.37. The molecule has 1 heterocycles. The van der Waals surface area contributed by atoms with E-state index in [2.05, 4.69) is 25.2 Å². The van der Waals surface area contributed by atoms with Crippen LogP contribution in [0, 0.1) is 17.2 Å². The van der Waals surface area contributed by atoms with Gasteiger partial charge in [-0.25, -0.2) is 0 Å². The molecule has 0 spiro atoms. The van der Waals surface area contributed by atoms with E-state index < -0.39 is 5.92 Å². The Morgan fingerprint density at radius 2 is 1.71 bits per heavy atom. The van der Waals surface area contributed by atoms with Crippen LogP contribution in [0.25, 0.3) is 11.1 Å². The topological polar surface area (TPSA) is 70.0 Å². The molecule has 4 rings (SSSR count). The molecule has 0 saturated carbocycles. The molecular formula is C27H26N2O2. The number of dihydropyridines is 1. The Morgan fingerprint density at radius 1 is 1.03 bits per heavy atom. The number of carbonyl (C=O) groups is 2. The molecule has 0 bridgehead atoms. The number of fused-ring (bicyclic) bond motifs is 3. The maximum atomic E-state index is 13.4. The van der Waals surface area contributed by atoms with Crippen molar-refractivity contribution in [1.82, 2.24) is 5.32 Å². The summed E-state index contributed by atoms with van der Waals surface area (Å²) in [7, 11) is 0. The Balaban J connectivity index is 1.94. The minimum atomic E-state index is -0.486. The van der Waals surface area contributed by atoms with Crippen LogP contribution in [0.15, 0.2) is 65.0 Å². The molecule has 4 nitrogen and oxygen atoms in total. The smallest absolute Gasteiger partial charge is 0.194 e. The Morgan fingerprint density at radius 3 is 2.39 bits per heavy atom. The Hall–Kier alpha value is -3.45. The number of allylic oxidation sites excluding steroid dienone is 4. The maximum absolute atomic E-state index is 13.4. The van der Waals surface area contributed by atoms with Crippen molar-refractivity contribution < 1.29 is 9.59 Å². The van der Waals surface area contributed by atoms with E-state index in [4.69, 9.17) is 0 Å². The van der Waals surface area contributed by atoms with Crippen LogP contribution in [0.1, 0.15) is 67.9 Å². The average molecular weight is 411 g/mol. The second-order valence-electron chi connectivity index (χ2n) is 8.75. The lowest BCUT2D eigenvalue weighted by molar-refractivity contribution is -0.116. The van der Waals surface area contributed by atoms with E-state index >= 15 is 0 Å². The van der Waals surface area contributed by atoms with E-state index in [9.17, 15) is 14.9 Å². The molecule has 2 aromatic rings. The quantitative estimate of drug-likeness (QED) is 0.589. The first-order valence-electron chi connectivity index (χ1n) is 10.7. The third-order valence-corrected chi connectivity index (χ3v) is 6.22. The van der Waals surface area contributed by atoms with Gasteiger partial charge in [-0.2, -0.15) is 5.26 Å². The van der Waals surface area contributed by atoms with Gasteiger partial charge < -0.3 is 5.32 Å². The summed E-state index contributed by atoms with van der Waals surface area (Å²) >= 11 is 0. The normalized spacial score (nSPS) is 17.4. The molecule has 0 saturated heterocycles. The minimum Gasteiger partial charge on any atom is -0.362 e. The molecular weight excluding hydrogens is 384 g/mol. The minimum absolute atomic E-state index is 0.00557. The first-order valence-corrected chi connectivity index (χ1v) is 10.7. The Labute approximate surface area is 183 Å². The SMILES string of the molecule is CC1=C(C#N)[C@@H](c2cccc3c2-c2ccccc2C3=O)C(C(=O)CCC(C)C)=C(C)N1. The number of nitrogens with one attached hydrogen (secondary N) is 1. The monoisotopic (exact) mass is 410 g/mol. The van der Waals surface area contributed by atoms with Gasteiger partial charge >= 0.3 is 0 Å². The summed E-state index contributed by atoms with van der Waals surface area (Å²) in [6.07, 6.45) is 1.23. The lowest BCUT2D eigenvalue weighted by atomic mass is 9.76. The molecule has 0 amide bonds. The number of hydrogen-bond donors (Lipinski definition) is 1. The van der Waals surface area contributed by atoms with Crippen LogP contribution in [0.2, 0.25) is 0 Å². The predicted molar refractivity (Wildman–Crippen MR) is 121 cm³/mol. The van der Waals surface area contributed by atoms with E-state index in [1.54, 1.807) is 0 Å². The maximum Gasteiger partial charge on any atom is 0.194 e. The summed E-state index contributed by atoms with van der Waals surface area (Å²) in [6.45, 7) is 7.97. The summed E-state index contributed by atoms with van der Waals surface area (Å²) < 4.78 is 0. The number of ketones is 2. The number of nitrogens with zero attached hydrogens (tertiary/aromatic N) is 1. The van der Waals surface area contributed by atoms with Crippen LogP contribution in [0.3, 0.4) is 0 Å². The van der Waals surface area contributed by atoms with Gasteiger partial charge in [-0.15, -0.1) is 0 Å². The largest absolute Gasteiger partial charge is 0.362 e. The molecule has 1 atom stereocenters. The van der Waals surface area contributed by atoms with Crippen molar-refractivity contribution in [3.63, 3.8) is 0 Å². The molecule has 156 valence electrons. The lowest BCUT2D eigenvalue weighted by Crippen LogP contribution is -2.28. The number of hydrogen-bond acceptors (Lipinski definition) is 4. The third-order valence-electron chi connectivity index (χ3n) is 6.22. The van der Waals surface area contributed by atoms with Crippen molar-refractivity contribution in [3.8, 4) is 17.2 Å². The van der Waals surface area contributed by atoms with Gasteiger partial charge in [0.2, 0.25) is 0 Å². The fourth-order valence-electron chi connectivity index (χ4n) is 4.72. The Bertz CT molecular complexity index is 1210. The van der Waals surface area contributed by atoms with Crippen molar-refractivity contribution in [3.05, 3.63) is 81.7 Å². The van der Waals surface area contributed by atoms with E-state index in [-0.39, 0.29) is 11.6 Å². The molecule has 4 heteroatoms. The zero-order chi connectivity index (χ0) is 22.3. The van der Waals surface area contributed by atoms with Crippen molar-refractivity contribution in [1.29, 1.82) is 5.26 Å². The molecule has 2 aliphatic rings. The summed E-state index contributed by atoms with van der Waals surface area (Å²) in [6, 6.07) is 15.6. The first-order chi connectivity index (χ1) is 14.8. The van der Waals surface area contributed by atoms with Gasteiger partial charge in [-0.1, -0.05) is 56.3 Å². The molecule has 0 unspecified atom stereocenters. The summed E-state index contributed by atoms with van der Waals surface area (Å²) in [4.78, 5) is 26.4. The number of carbonyl (C=O) groups excluding carboxylic acids is 2. The fraction of sp³-hybridized carbons (Fsp3) is 0.296. The van der Waals surface area contributed by atoms with Gasteiger partial charge in [0.15, 0.2) is 11.6 Å². The van der Waals surface area contributed by atoms with Crippen molar-refractivity contribution >= 4 is 11.6 Å². The van der Waals surface area contributed by atoms with Crippen molar-refractivity contribution in [2.45, 2.75) is 46.5 Å². The Kier molecular flexibility index (Phi) is 5.37. The summed E-state index contributed by atoms with van der Waals surface area (Å²) in [5, 5.41) is 13.3. The molecule has 0 radical (unpaired) electrons. The van der Waals surface area contributed by atoms with Crippen LogP contribution < -0.4 is 5.32 Å². The molecule has 31 heavy (non-hydrogen) atoms. The predicted octanol–water partition coefficient (Wildman–Crippen LogP) is 5.66. The summed E-state index contributed by atoms with van der Waals surface area (Å²) in [5.41, 5.74) is 6.57. The van der Waals surface area contributed by atoms with Gasteiger partial charge in [0.25, 0.3) is 0 Å². The zero-order valence-electron chi connectivity index (χ0n) is 18.4. The second kappa shape index (κ2) is 8.00.